The molecule has 0 atom stereocenters. The van der Waals surface area contributed by atoms with Gasteiger partial charge in [0, 0.05) is 11.3 Å². The monoisotopic (exact) mass is 364 g/mol. The van der Waals surface area contributed by atoms with Gasteiger partial charge in [-0.25, -0.2) is 5.43 Å². The molecule has 7 heteroatoms. The van der Waals surface area contributed by atoms with Gasteiger partial charge in [0.25, 0.3) is 5.56 Å². The van der Waals surface area contributed by atoms with E-state index in [9.17, 15) is 9.59 Å². The average Bonchev–Trinajstić information content (AvgIpc) is 3.00. The molecule has 0 radical (unpaired) electrons. The Balaban J connectivity index is 1.49. The van der Waals surface area contributed by atoms with Crippen molar-refractivity contribution in [3.63, 3.8) is 0 Å². The second kappa shape index (κ2) is 8.66. The van der Waals surface area contributed by atoms with Crippen LogP contribution < -0.4 is 15.7 Å². The lowest BCUT2D eigenvalue weighted by Gasteiger charge is -2.06. The predicted molar refractivity (Wildman–Crippen MR) is 103 cm³/mol. The number of nitrogens with one attached hydrogen (secondary N) is 3. The summed E-state index contributed by atoms with van der Waals surface area (Å²) in [6, 6.07) is 17.3. The Hall–Kier alpha value is -3.61. The highest BCUT2D eigenvalue weighted by Crippen LogP contribution is 2.13. The molecule has 0 saturated heterocycles. The van der Waals surface area contributed by atoms with Crippen molar-refractivity contribution in [2.45, 2.75) is 20.0 Å². The first-order valence-electron chi connectivity index (χ1n) is 8.46. The molecule has 1 aromatic heterocycles. The van der Waals surface area contributed by atoms with Crippen molar-refractivity contribution >= 4 is 12.1 Å². The summed E-state index contributed by atoms with van der Waals surface area (Å²) in [5.74, 6) is 0.393. The van der Waals surface area contributed by atoms with E-state index in [4.69, 9.17) is 4.74 Å². The Morgan fingerprint density at radius 1 is 1.11 bits per heavy atom. The quantitative estimate of drug-likeness (QED) is 0.443. The number of amides is 1. The van der Waals surface area contributed by atoms with E-state index in [-0.39, 0.29) is 17.9 Å². The van der Waals surface area contributed by atoms with Gasteiger partial charge in [-0.3, -0.25) is 14.7 Å². The molecule has 7 nitrogen and oxygen atoms in total. The third kappa shape index (κ3) is 5.18. The van der Waals surface area contributed by atoms with Gasteiger partial charge in [-0.2, -0.15) is 5.10 Å². The number of carbonyl (C=O) groups is 1. The van der Waals surface area contributed by atoms with E-state index < -0.39 is 0 Å². The van der Waals surface area contributed by atoms with Crippen molar-refractivity contribution in [2.24, 2.45) is 5.10 Å². The minimum atomic E-state index is -0.359. The number of carbonyl (C=O) groups excluding carboxylic acids is 1. The van der Waals surface area contributed by atoms with Gasteiger partial charge in [-0.1, -0.05) is 30.3 Å². The minimum absolute atomic E-state index is 0.0335. The summed E-state index contributed by atoms with van der Waals surface area (Å²) < 4.78 is 5.72. The lowest BCUT2D eigenvalue weighted by molar-refractivity contribution is -0.120. The van der Waals surface area contributed by atoms with E-state index in [0.29, 0.717) is 17.9 Å². The van der Waals surface area contributed by atoms with E-state index >= 15 is 0 Å². The highest BCUT2D eigenvalue weighted by atomic mass is 16.5. The van der Waals surface area contributed by atoms with E-state index in [0.717, 1.165) is 16.9 Å². The number of rotatable bonds is 7. The fourth-order valence-electron chi connectivity index (χ4n) is 2.45. The molecule has 3 rings (SSSR count). The predicted octanol–water partition coefficient (Wildman–Crippen LogP) is 2.28. The van der Waals surface area contributed by atoms with Gasteiger partial charge >= 0.3 is 0 Å². The zero-order valence-corrected chi connectivity index (χ0v) is 14.9. The molecule has 0 unspecified atom stereocenters. The van der Waals surface area contributed by atoms with Crippen LogP contribution in [0.1, 0.15) is 22.4 Å². The van der Waals surface area contributed by atoms with Crippen LogP contribution in [-0.2, 0) is 17.8 Å². The highest BCUT2D eigenvalue weighted by molar-refractivity contribution is 5.83. The summed E-state index contributed by atoms with van der Waals surface area (Å²) >= 11 is 0. The molecule has 0 bridgehead atoms. The lowest BCUT2D eigenvalue weighted by atomic mass is 10.2. The number of aryl methyl sites for hydroxylation is 1. The first kappa shape index (κ1) is 18.2. The topological polar surface area (TPSA) is 99.3 Å². The Bertz CT molecular complexity index is 972. The van der Waals surface area contributed by atoms with Crippen LogP contribution in [0.2, 0.25) is 0 Å². The molecular weight excluding hydrogens is 344 g/mol. The molecule has 0 fully saturated rings. The summed E-state index contributed by atoms with van der Waals surface area (Å²) in [7, 11) is 0. The van der Waals surface area contributed by atoms with Gasteiger partial charge in [-0.15, -0.1) is 0 Å². The van der Waals surface area contributed by atoms with Crippen LogP contribution in [0.3, 0.4) is 0 Å². The smallest absolute Gasteiger partial charge is 0.267 e. The number of ether oxygens (including phenoxy) is 1. The van der Waals surface area contributed by atoms with Gasteiger partial charge < -0.3 is 9.84 Å². The Labute approximate surface area is 156 Å². The van der Waals surface area contributed by atoms with Crippen LogP contribution in [0, 0.1) is 6.92 Å². The van der Waals surface area contributed by atoms with Gasteiger partial charge in [0.1, 0.15) is 12.4 Å². The minimum Gasteiger partial charge on any atom is -0.489 e. The molecule has 2 aromatic carbocycles. The molecule has 0 aliphatic heterocycles. The maximum atomic E-state index is 11.9. The Morgan fingerprint density at radius 2 is 1.85 bits per heavy atom. The molecule has 27 heavy (non-hydrogen) atoms. The average molecular weight is 364 g/mol. The van der Waals surface area contributed by atoms with E-state index in [1.165, 1.54) is 6.21 Å². The molecule has 3 aromatic rings. The zero-order chi connectivity index (χ0) is 19.1. The molecule has 0 spiro atoms. The molecule has 0 aliphatic carbocycles. The number of hydrogen-bond acceptors (Lipinski definition) is 4. The van der Waals surface area contributed by atoms with E-state index in [2.05, 4.69) is 20.7 Å². The molecule has 1 amide bonds. The van der Waals surface area contributed by atoms with Crippen LogP contribution in [0.4, 0.5) is 0 Å². The van der Waals surface area contributed by atoms with E-state index in [1.54, 1.807) is 6.92 Å². The highest BCUT2D eigenvalue weighted by Gasteiger charge is 2.10. The van der Waals surface area contributed by atoms with E-state index in [1.807, 2.05) is 54.6 Å². The molecule has 1 heterocycles. The summed E-state index contributed by atoms with van der Waals surface area (Å²) in [6.45, 7) is 2.23. The fraction of sp³-hybridized carbons (Fsp3) is 0.150. The third-order valence-electron chi connectivity index (χ3n) is 3.96. The molecule has 3 N–H and O–H groups in total. The number of nitrogens with zero attached hydrogens (tertiary/aromatic N) is 1. The molecule has 0 aliphatic rings. The van der Waals surface area contributed by atoms with Crippen LogP contribution in [-0.4, -0.2) is 22.3 Å². The van der Waals surface area contributed by atoms with Crippen LogP contribution in [0.5, 0.6) is 5.75 Å². The number of aromatic amines is 2. The number of hydrogen-bond donors (Lipinski definition) is 3. The van der Waals surface area contributed by atoms with Gasteiger partial charge in [0.2, 0.25) is 5.91 Å². The number of aromatic nitrogens is 2. The number of hydrazone groups is 1. The number of H-pyrrole nitrogens is 2. The van der Waals surface area contributed by atoms with Gasteiger partial charge in [0.05, 0.1) is 12.6 Å². The second-order valence-electron chi connectivity index (χ2n) is 6.00. The van der Waals surface area contributed by atoms with Crippen molar-refractivity contribution < 1.29 is 9.53 Å². The third-order valence-corrected chi connectivity index (χ3v) is 3.96. The Morgan fingerprint density at radius 3 is 2.52 bits per heavy atom. The SMILES string of the molecule is Cc1[nH][nH]c(=O)c1CC(=O)N/N=C\c1ccc(OCc2ccccc2)cc1. The first-order valence-corrected chi connectivity index (χ1v) is 8.46. The van der Waals surface area contributed by atoms with Crippen LogP contribution in [0.25, 0.3) is 0 Å². The summed E-state index contributed by atoms with van der Waals surface area (Å²) in [5, 5.41) is 9.04. The standard InChI is InChI=1S/C20H20N4O3/c1-14-18(20(26)24-22-14)11-19(25)23-21-12-15-7-9-17(10-8-15)27-13-16-5-3-2-4-6-16/h2-10,12H,11,13H2,1H3,(H,23,25)(H2,22,24,26)/b21-12-. The number of benzene rings is 2. The zero-order valence-electron chi connectivity index (χ0n) is 14.9. The first-order chi connectivity index (χ1) is 13.1. The maximum absolute atomic E-state index is 11.9. The van der Waals surface area contributed by atoms with Crippen LogP contribution >= 0.6 is 0 Å². The van der Waals surface area contributed by atoms with Gasteiger partial charge in [-0.05, 0) is 42.3 Å². The molecule has 138 valence electrons. The second-order valence-corrected chi connectivity index (χ2v) is 6.00. The lowest BCUT2D eigenvalue weighted by Crippen LogP contribution is -2.23. The Kier molecular flexibility index (Phi) is 5.84. The molecular formula is C20H20N4O3. The van der Waals surface area contributed by atoms with Crippen LogP contribution in [0.15, 0.2) is 64.5 Å². The largest absolute Gasteiger partial charge is 0.489 e. The molecule has 0 saturated carbocycles. The van der Waals surface area contributed by atoms with Crippen molar-refractivity contribution in [1.82, 2.24) is 15.6 Å². The van der Waals surface area contributed by atoms with Crippen molar-refractivity contribution in [3.8, 4) is 5.75 Å². The normalized spacial score (nSPS) is 10.9. The summed E-state index contributed by atoms with van der Waals surface area (Å²) in [4.78, 5) is 23.4. The maximum Gasteiger partial charge on any atom is 0.267 e. The van der Waals surface area contributed by atoms with Gasteiger partial charge in [0.15, 0.2) is 0 Å². The van der Waals surface area contributed by atoms with Crippen molar-refractivity contribution in [3.05, 3.63) is 87.3 Å². The van der Waals surface area contributed by atoms with Crippen molar-refractivity contribution in [2.75, 3.05) is 0 Å². The summed E-state index contributed by atoms with van der Waals surface area (Å²) in [5.41, 5.74) is 5.09. The summed E-state index contributed by atoms with van der Waals surface area (Å²) in [6.07, 6.45) is 1.50. The fourth-order valence-corrected chi connectivity index (χ4v) is 2.45. The van der Waals surface area contributed by atoms with Crippen molar-refractivity contribution in [1.29, 1.82) is 0 Å².